The Morgan fingerprint density at radius 3 is 2.85 bits per heavy atom. The van der Waals surface area contributed by atoms with Crippen molar-refractivity contribution in [2.75, 3.05) is 17.2 Å². The van der Waals surface area contributed by atoms with Crippen molar-refractivity contribution in [2.45, 2.75) is 24.8 Å². The van der Waals surface area contributed by atoms with Crippen molar-refractivity contribution in [2.24, 2.45) is 0 Å². The van der Waals surface area contributed by atoms with Gasteiger partial charge in [-0.25, -0.2) is 0 Å². The molecule has 70 valence electrons. The average molecular weight is 193 g/mol. The van der Waals surface area contributed by atoms with Crippen LogP contribution in [0.1, 0.15) is 13.8 Å². The fraction of sp³-hybridized carbons (Fsp3) is 0.455. The first-order chi connectivity index (χ1) is 6.29. The van der Waals surface area contributed by atoms with E-state index < -0.39 is 0 Å². The number of nitrogens with zero attached hydrogens (tertiary/aromatic N) is 1. The van der Waals surface area contributed by atoms with E-state index in [0.29, 0.717) is 6.04 Å². The lowest BCUT2D eigenvalue weighted by Gasteiger charge is -2.34. The van der Waals surface area contributed by atoms with Crippen LogP contribution in [-0.2, 0) is 0 Å². The Balaban J connectivity index is 2.37. The molecule has 0 radical (unpaired) electrons. The van der Waals surface area contributed by atoms with Crippen molar-refractivity contribution >= 4 is 17.4 Å². The van der Waals surface area contributed by atoms with Crippen LogP contribution in [-0.4, -0.2) is 18.3 Å². The molecule has 0 bridgehead atoms. The van der Waals surface area contributed by atoms with E-state index in [1.54, 1.807) is 0 Å². The van der Waals surface area contributed by atoms with Gasteiger partial charge in [0.25, 0.3) is 0 Å². The fourth-order valence-corrected chi connectivity index (χ4v) is 2.74. The van der Waals surface area contributed by atoms with Crippen LogP contribution in [0.3, 0.4) is 0 Å². The quantitative estimate of drug-likeness (QED) is 0.674. The maximum absolute atomic E-state index is 2.48. The standard InChI is InChI=1S/C11H15NS/c1-9(2)12-7-8-13-11-6-4-3-5-10(11)12/h3-6,9H,7-8H2,1-2H3. The van der Waals surface area contributed by atoms with Gasteiger partial charge in [-0.05, 0) is 26.0 Å². The van der Waals surface area contributed by atoms with Crippen molar-refractivity contribution in [3.05, 3.63) is 24.3 Å². The van der Waals surface area contributed by atoms with Crippen LogP contribution >= 0.6 is 11.8 Å². The molecular formula is C11H15NS. The van der Waals surface area contributed by atoms with Crippen molar-refractivity contribution in [3.63, 3.8) is 0 Å². The molecule has 0 amide bonds. The summed E-state index contributed by atoms with van der Waals surface area (Å²) in [6.07, 6.45) is 0. The maximum atomic E-state index is 2.48. The molecule has 0 saturated carbocycles. The van der Waals surface area contributed by atoms with Gasteiger partial charge < -0.3 is 4.90 Å². The van der Waals surface area contributed by atoms with Gasteiger partial charge in [-0.15, -0.1) is 11.8 Å². The molecule has 0 unspecified atom stereocenters. The highest BCUT2D eigenvalue weighted by Gasteiger charge is 2.18. The fourth-order valence-electron chi connectivity index (χ4n) is 1.73. The van der Waals surface area contributed by atoms with Gasteiger partial charge in [-0.3, -0.25) is 0 Å². The molecule has 1 aromatic carbocycles. The first-order valence-corrected chi connectivity index (χ1v) is 5.76. The lowest BCUT2D eigenvalue weighted by Crippen LogP contribution is -2.35. The predicted molar refractivity (Wildman–Crippen MR) is 59.6 cm³/mol. The van der Waals surface area contributed by atoms with Crippen LogP contribution in [0.15, 0.2) is 29.2 Å². The van der Waals surface area contributed by atoms with Gasteiger partial charge in [0.2, 0.25) is 0 Å². The molecule has 0 aliphatic carbocycles. The van der Waals surface area contributed by atoms with Gasteiger partial charge in [0, 0.05) is 23.2 Å². The molecule has 13 heavy (non-hydrogen) atoms. The zero-order valence-corrected chi connectivity index (χ0v) is 8.97. The average Bonchev–Trinajstić information content (AvgIpc) is 2.17. The van der Waals surface area contributed by atoms with Gasteiger partial charge in [0.15, 0.2) is 0 Å². The predicted octanol–water partition coefficient (Wildman–Crippen LogP) is 3.01. The van der Waals surface area contributed by atoms with Crippen LogP contribution in [0.4, 0.5) is 5.69 Å². The number of anilines is 1. The van der Waals surface area contributed by atoms with E-state index in [0.717, 1.165) is 0 Å². The summed E-state index contributed by atoms with van der Waals surface area (Å²) in [5.41, 5.74) is 1.41. The molecule has 0 spiro atoms. The molecule has 1 heterocycles. The number of hydrogen-bond donors (Lipinski definition) is 0. The second-order valence-electron chi connectivity index (χ2n) is 3.60. The molecule has 0 fully saturated rings. The van der Waals surface area contributed by atoms with Crippen LogP contribution in [0.25, 0.3) is 0 Å². The van der Waals surface area contributed by atoms with Crippen molar-refractivity contribution in [1.29, 1.82) is 0 Å². The topological polar surface area (TPSA) is 3.24 Å². The summed E-state index contributed by atoms with van der Waals surface area (Å²) in [6, 6.07) is 9.30. The second kappa shape index (κ2) is 3.62. The Hall–Kier alpha value is -0.630. The minimum atomic E-state index is 0.613. The van der Waals surface area contributed by atoms with Crippen LogP contribution < -0.4 is 4.90 Å². The Morgan fingerprint density at radius 2 is 2.08 bits per heavy atom. The largest absolute Gasteiger partial charge is 0.367 e. The summed E-state index contributed by atoms with van der Waals surface area (Å²) in [5, 5.41) is 0. The number of fused-ring (bicyclic) bond motifs is 1. The number of benzene rings is 1. The van der Waals surface area contributed by atoms with Crippen molar-refractivity contribution in [3.8, 4) is 0 Å². The van der Waals surface area contributed by atoms with Crippen molar-refractivity contribution in [1.82, 2.24) is 0 Å². The molecule has 0 aromatic heterocycles. The lowest BCUT2D eigenvalue weighted by molar-refractivity contribution is 0.696. The number of hydrogen-bond acceptors (Lipinski definition) is 2. The smallest absolute Gasteiger partial charge is 0.0506 e. The summed E-state index contributed by atoms with van der Waals surface area (Å²) < 4.78 is 0. The van der Waals surface area contributed by atoms with E-state index in [-0.39, 0.29) is 0 Å². The second-order valence-corrected chi connectivity index (χ2v) is 4.74. The highest BCUT2D eigenvalue weighted by molar-refractivity contribution is 7.99. The third-order valence-corrected chi connectivity index (χ3v) is 3.43. The normalized spacial score (nSPS) is 16.1. The molecule has 2 rings (SSSR count). The summed E-state index contributed by atoms with van der Waals surface area (Å²) in [4.78, 5) is 3.91. The Labute approximate surface area is 84.1 Å². The third kappa shape index (κ3) is 1.68. The first kappa shape index (κ1) is 8.95. The Bertz CT molecular complexity index is 296. The summed E-state index contributed by atoms with van der Waals surface area (Å²) in [6.45, 7) is 5.69. The summed E-state index contributed by atoms with van der Waals surface area (Å²) in [5.74, 6) is 1.22. The number of rotatable bonds is 1. The van der Waals surface area contributed by atoms with Gasteiger partial charge in [-0.1, -0.05) is 12.1 Å². The monoisotopic (exact) mass is 193 g/mol. The highest BCUT2D eigenvalue weighted by Crippen LogP contribution is 2.35. The minimum Gasteiger partial charge on any atom is -0.367 e. The third-order valence-electron chi connectivity index (χ3n) is 2.39. The molecule has 1 aliphatic rings. The SMILES string of the molecule is CC(C)N1CCSc2ccccc21. The van der Waals surface area contributed by atoms with E-state index in [4.69, 9.17) is 0 Å². The molecule has 0 atom stereocenters. The van der Waals surface area contributed by atoms with Gasteiger partial charge in [0.05, 0.1) is 5.69 Å². The van der Waals surface area contributed by atoms with Gasteiger partial charge in [0.1, 0.15) is 0 Å². The van der Waals surface area contributed by atoms with Crippen LogP contribution in [0.5, 0.6) is 0 Å². The number of thioether (sulfide) groups is 1. The maximum Gasteiger partial charge on any atom is 0.0506 e. The van der Waals surface area contributed by atoms with Crippen LogP contribution in [0.2, 0.25) is 0 Å². The minimum absolute atomic E-state index is 0.613. The highest BCUT2D eigenvalue weighted by atomic mass is 32.2. The number of para-hydroxylation sites is 1. The van der Waals surface area contributed by atoms with E-state index in [1.807, 2.05) is 11.8 Å². The van der Waals surface area contributed by atoms with Crippen LogP contribution in [0, 0.1) is 0 Å². The summed E-state index contributed by atoms with van der Waals surface area (Å²) in [7, 11) is 0. The first-order valence-electron chi connectivity index (χ1n) is 4.77. The van der Waals surface area contributed by atoms with Crippen molar-refractivity contribution < 1.29 is 0 Å². The zero-order valence-electron chi connectivity index (χ0n) is 8.16. The van der Waals surface area contributed by atoms with Gasteiger partial charge >= 0.3 is 0 Å². The molecule has 1 aromatic rings. The van der Waals surface area contributed by atoms with E-state index in [1.165, 1.54) is 22.9 Å². The zero-order chi connectivity index (χ0) is 9.26. The Morgan fingerprint density at radius 1 is 1.31 bits per heavy atom. The molecule has 1 nitrogen and oxygen atoms in total. The molecular weight excluding hydrogens is 178 g/mol. The van der Waals surface area contributed by atoms with E-state index in [9.17, 15) is 0 Å². The Kier molecular flexibility index (Phi) is 2.49. The van der Waals surface area contributed by atoms with Gasteiger partial charge in [-0.2, -0.15) is 0 Å². The molecule has 0 saturated heterocycles. The van der Waals surface area contributed by atoms with E-state index in [2.05, 4.69) is 43.0 Å². The molecule has 0 N–H and O–H groups in total. The molecule has 1 aliphatic heterocycles. The lowest BCUT2D eigenvalue weighted by atomic mass is 10.2. The van der Waals surface area contributed by atoms with E-state index >= 15 is 0 Å². The molecule has 2 heteroatoms. The summed E-state index contributed by atoms with van der Waals surface area (Å²) >= 11 is 1.97.